The second-order valence-electron chi connectivity index (χ2n) is 4.30. The number of sulfonamides is 1. The lowest BCUT2D eigenvalue weighted by Gasteiger charge is -2.11. The Hall–Kier alpha value is -1.31. The molecule has 0 aliphatic carbocycles. The Balaban J connectivity index is 2.79. The standard InChI is InChI=1S/C12H20N2O4S/c1-9(15)4-3-7-14-19(16,17)12-8-10(13)5-6-11(12)18-2/h5-6,8-9,14-15H,3-4,7,13H2,1-2H3. The van der Waals surface area contributed by atoms with E-state index in [1.165, 1.54) is 19.2 Å². The maximum atomic E-state index is 12.1. The number of rotatable bonds is 7. The number of aliphatic hydroxyl groups is 1. The molecule has 1 aromatic carbocycles. The average molecular weight is 288 g/mol. The molecule has 0 fully saturated rings. The van der Waals surface area contributed by atoms with Crippen LogP contribution in [0.1, 0.15) is 19.8 Å². The molecule has 7 heteroatoms. The van der Waals surface area contributed by atoms with E-state index in [-0.39, 0.29) is 17.2 Å². The fraction of sp³-hybridized carbons (Fsp3) is 0.500. The van der Waals surface area contributed by atoms with Crippen molar-refractivity contribution in [2.24, 2.45) is 0 Å². The van der Waals surface area contributed by atoms with Gasteiger partial charge in [-0.3, -0.25) is 0 Å². The summed E-state index contributed by atoms with van der Waals surface area (Å²) in [6, 6.07) is 4.45. The third kappa shape index (κ3) is 4.70. The van der Waals surface area contributed by atoms with E-state index >= 15 is 0 Å². The van der Waals surface area contributed by atoms with E-state index < -0.39 is 16.1 Å². The third-order valence-electron chi connectivity index (χ3n) is 2.57. The number of benzene rings is 1. The molecule has 0 aliphatic rings. The first kappa shape index (κ1) is 15.7. The smallest absolute Gasteiger partial charge is 0.244 e. The molecule has 1 atom stereocenters. The van der Waals surface area contributed by atoms with E-state index in [2.05, 4.69) is 4.72 Å². The molecule has 0 heterocycles. The molecule has 0 aliphatic heterocycles. The predicted molar refractivity (Wildman–Crippen MR) is 73.5 cm³/mol. The van der Waals surface area contributed by atoms with Gasteiger partial charge in [-0.1, -0.05) is 0 Å². The molecule has 1 unspecified atom stereocenters. The molecule has 4 N–H and O–H groups in total. The van der Waals surface area contributed by atoms with Gasteiger partial charge in [0.25, 0.3) is 0 Å². The fourth-order valence-electron chi connectivity index (χ4n) is 1.59. The summed E-state index contributed by atoms with van der Waals surface area (Å²) in [6.45, 7) is 1.92. The van der Waals surface area contributed by atoms with E-state index in [0.29, 0.717) is 18.5 Å². The SMILES string of the molecule is COc1ccc(N)cc1S(=O)(=O)NCCCC(C)O. The number of methoxy groups -OCH3 is 1. The van der Waals surface area contributed by atoms with Gasteiger partial charge in [0, 0.05) is 12.2 Å². The van der Waals surface area contributed by atoms with Crippen LogP contribution in [0.5, 0.6) is 5.75 Å². The minimum Gasteiger partial charge on any atom is -0.495 e. The summed E-state index contributed by atoms with van der Waals surface area (Å²) in [6.07, 6.45) is 0.657. The Labute approximate surface area is 113 Å². The van der Waals surface area contributed by atoms with Gasteiger partial charge in [0.1, 0.15) is 10.6 Å². The zero-order valence-corrected chi connectivity index (χ0v) is 11.9. The summed E-state index contributed by atoms with van der Waals surface area (Å²) in [5, 5.41) is 9.10. The van der Waals surface area contributed by atoms with Crippen molar-refractivity contribution in [1.29, 1.82) is 0 Å². The van der Waals surface area contributed by atoms with Crippen molar-refractivity contribution >= 4 is 15.7 Å². The summed E-state index contributed by atoms with van der Waals surface area (Å²) < 4.78 is 31.7. The van der Waals surface area contributed by atoms with Gasteiger partial charge < -0.3 is 15.6 Å². The van der Waals surface area contributed by atoms with Crippen molar-refractivity contribution in [3.05, 3.63) is 18.2 Å². The van der Waals surface area contributed by atoms with Crippen LogP contribution < -0.4 is 15.2 Å². The van der Waals surface area contributed by atoms with Crippen LogP contribution in [0.4, 0.5) is 5.69 Å². The third-order valence-corrected chi connectivity index (χ3v) is 4.05. The van der Waals surface area contributed by atoms with Gasteiger partial charge in [-0.05, 0) is 38.0 Å². The highest BCUT2D eigenvalue weighted by Crippen LogP contribution is 2.25. The van der Waals surface area contributed by atoms with Crippen molar-refractivity contribution in [3.8, 4) is 5.75 Å². The van der Waals surface area contributed by atoms with Crippen LogP contribution in [0.15, 0.2) is 23.1 Å². The maximum absolute atomic E-state index is 12.1. The van der Waals surface area contributed by atoms with Crippen LogP contribution in [0.25, 0.3) is 0 Å². The molecular weight excluding hydrogens is 268 g/mol. The number of ether oxygens (including phenoxy) is 1. The van der Waals surface area contributed by atoms with E-state index in [0.717, 1.165) is 0 Å². The first-order valence-corrected chi connectivity index (χ1v) is 7.46. The van der Waals surface area contributed by atoms with E-state index in [1.54, 1.807) is 13.0 Å². The maximum Gasteiger partial charge on any atom is 0.244 e. The summed E-state index contributed by atoms with van der Waals surface area (Å²) in [4.78, 5) is 0.0204. The van der Waals surface area contributed by atoms with Crippen molar-refractivity contribution in [1.82, 2.24) is 4.72 Å². The van der Waals surface area contributed by atoms with E-state index in [4.69, 9.17) is 15.6 Å². The highest BCUT2D eigenvalue weighted by molar-refractivity contribution is 7.89. The fourth-order valence-corrected chi connectivity index (χ4v) is 2.86. The average Bonchev–Trinajstić information content (AvgIpc) is 2.34. The Morgan fingerprint density at radius 3 is 2.74 bits per heavy atom. The zero-order valence-electron chi connectivity index (χ0n) is 11.1. The zero-order chi connectivity index (χ0) is 14.5. The quantitative estimate of drug-likeness (QED) is 0.507. The van der Waals surface area contributed by atoms with Crippen molar-refractivity contribution in [3.63, 3.8) is 0 Å². The molecule has 0 saturated carbocycles. The molecule has 108 valence electrons. The van der Waals surface area contributed by atoms with Crippen molar-refractivity contribution in [2.75, 3.05) is 19.4 Å². The molecule has 0 amide bonds. The van der Waals surface area contributed by atoms with Gasteiger partial charge in [-0.2, -0.15) is 0 Å². The Kier molecular flexibility index (Phi) is 5.59. The number of anilines is 1. The Morgan fingerprint density at radius 1 is 1.47 bits per heavy atom. The molecule has 0 spiro atoms. The molecule has 0 bridgehead atoms. The van der Waals surface area contributed by atoms with Gasteiger partial charge in [0.05, 0.1) is 13.2 Å². The Bertz CT molecular complexity index is 514. The van der Waals surface area contributed by atoms with Crippen LogP contribution >= 0.6 is 0 Å². The number of nitrogens with one attached hydrogen (secondary N) is 1. The first-order valence-electron chi connectivity index (χ1n) is 5.98. The van der Waals surface area contributed by atoms with Gasteiger partial charge in [-0.15, -0.1) is 0 Å². The summed E-state index contributed by atoms with van der Waals surface area (Å²) in [5.74, 6) is 0.247. The first-order chi connectivity index (χ1) is 8.86. The van der Waals surface area contributed by atoms with Gasteiger partial charge in [0.15, 0.2) is 0 Å². The van der Waals surface area contributed by atoms with Crippen molar-refractivity contribution in [2.45, 2.75) is 30.8 Å². The lowest BCUT2D eigenvalue weighted by atomic mass is 10.2. The highest BCUT2D eigenvalue weighted by Gasteiger charge is 2.19. The van der Waals surface area contributed by atoms with Crippen molar-refractivity contribution < 1.29 is 18.3 Å². The molecule has 0 saturated heterocycles. The van der Waals surface area contributed by atoms with E-state index in [9.17, 15) is 8.42 Å². The van der Waals surface area contributed by atoms with Gasteiger partial charge in [-0.25, -0.2) is 13.1 Å². The van der Waals surface area contributed by atoms with Crippen LogP contribution in [0.3, 0.4) is 0 Å². The lowest BCUT2D eigenvalue weighted by molar-refractivity contribution is 0.182. The topological polar surface area (TPSA) is 102 Å². The van der Waals surface area contributed by atoms with Crippen LogP contribution in [0.2, 0.25) is 0 Å². The monoisotopic (exact) mass is 288 g/mol. The second kappa shape index (κ2) is 6.74. The normalized spacial score (nSPS) is 13.2. The minimum absolute atomic E-state index is 0.0204. The summed E-state index contributed by atoms with van der Waals surface area (Å²) in [7, 11) is -2.26. The molecule has 19 heavy (non-hydrogen) atoms. The Morgan fingerprint density at radius 2 is 2.16 bits per heavy atom. The predicted octanol–water partition coefficient (Wildman–Crippen LogP) is 0.717. The largest absolute Gasteiger partial charge is 0.495 e. The molecule has 1 rings (SSSR count). The van der Waals surface area contributed by atoms with Crippen LogP contribution in [-0.2, 0) is 10.0 Å². The molecular formula is C12H20N2O4S. The summed E-state index contributed by atoms with van der Waals surface area (Å²) >= 11 is 0. The number of nitrogens with two attached hydrogens (primary N) is 1. The van der Waals surface area contributed by atoms with Crippen LogP contribution in [0, 0.1) is 0 Å². The second-order valence-corrected chi connectivity index (χ2v) is 6.03. The number of hydrogen-bond acceptors (Lipinski definition) is 5. The molecule has 0 aromatic heterocycles. The number of hydrogen-bond donors (Lipinski definition) is 3. The number of nitrogen functional groups attached to an aromatic ring is 1. The molecule has 1 aromatic rings. The minimum atomic E-state index is -3.66. The lowest BCUT2D eigenvalue weighted by Crippen LogP contribution is -2.26. The molecule has 0 radical (unpaired) electrons. The highest BCUT2D eigenvalue weighted by atomic mass is 32.2. The van der Waals surface area contributed by atoms with Gasteiger partial charge in [0.2, 0.25) is 10.0 Å². The van der Waals surface area contributed by atoms with Crippen LogP contribution in [-0.4, -0.2) is 33.3 Å². The number of aliphatic hydroxyl groups excluding tert-OH is 1. The summed E-state index contributed by atoms with van der Waals surface area (Å²) in [5.41, 5.74) is 5.94. The van der Waals surface area contributed by atoms with Gasteiger partial charge >= 0.3 is 0 Å². The molecule has 6 nitrogen and oxygen atoms in total. The van der Waals surface area contributed by atoms with E-state index in [1.807, 2.05) is 0 Å².